The van der Waals surface area contributed by atoms with E-state index < -0.39 is 0 Å². The van der Waals surface area contributed by atoms with E-state index in [1.807, 2.05) is 6.20 Å². The molecule has 1 aliphatic heterocycles. The molecule has 0 fully saturated rings. The van der Waals surface area contributed by atoms with Gasteiger partial charge in [0.15, 0.2) is 6.23 Å². The molecule has 1 atom stereocenters. The number of ether oxygens (including phenoxy) is 1. The first kappa shape index (κ1) is 5.48. The minimum absolute atomic E-state index is 0.204. The third-order valence-electron chi connectivity index (χ3n) is 1.16. The van der Waals surface area contributed by atoms with Gasteiger partial charge in [0.05, 0.1) is 0 Å². The summed E-state index contributed by atoms with van der Waals surface area (Å²) in [6.07, 6.45) is 3.71. The van der Waals surface area contributed by atoms with E-state index in [1.54, 1.807) is 6.26 Å². The Morgan fingerprint density at radius 2 is 2.38 bits per heavy atom. The monoisotopic (exact) mass is 113 g/mol. The molecular formula is C6H11NO. The van der Waals surface area contributed by atoms with E-state index in [9.17, 15) is 0 Å². The van der Waals surface area contributed by atoms with Gasteiger partial charge >= 0.3 is 0 Å². The van der Waals surface area contributed by atoms with Gasteiger partial charge in [0, 0.05) is 12.1 Å². The standard InChI is InChI=1S/C6H11NO/c1-5(2)6-7-3-4-8-6/h3-7H,1-2H3. The summed E-state index contributed by atoms with van der Waals surface area (Å²) in [5.74, 6) is 0.546. The molecule has 1 unspecified atom stereocenters. The lowest BCUT2D eigenvalue weighted by Gasteiger charge is -2.13. The molecule has 0 aromatic heterocycles. The van der Waals surface area contributed by atoms with Crippen LogP contribution in [0.4, 0.5) is 0 Å². The summed E-state index contributed by atoms with van der Waals surface area (Å²) in [7, 11) is 0. The lowest BCUT2D eigenvalue weighted by Crippen LogP contribution is -2.26. The van der Waals surface area contributed by atoms with Crippen LogP contribution in [0.2, 0.25) is 0 Å². The molecule has 0 aromatic rings. The predicted molar refractivity (Wildman–Crippen MR) is 32.0 cm³/mol. The second-order valence-corrected chi connectivity index (χ2v) is 2.27. The third kappa shape index (κ3) is 0.941. The molecule has 8 heavy (non-hydrogen) atoms. The van der Waals surface area contributed by atoms with Gasteiger partial charge in [0.2, 0.25) is 0 Å². The number of nitrogens with one attached hydrogen (secondary N) is 1. The molecule has 0 spiro atoms. The summed E-state index contributed by atoms with van der Waals surface area (Å²) in [6.45, 7) is 4.23. The van der Waals surface area contributed by atoms with Crippen LogP contribution in [0.5, 0.6) is 0 Å². The molecule has 0 saturated heterocycles. The lowest BCUT2D eigenvalue weighted by molar-refractivity contribution is 0.107. The normalized spacial score (nSPS) is 25.6. The van der Waals surface area contributed by atoms with Gasteiger partial charge in [-0.2, -0.15) is 0 Å². The molecule has 0 radical (unpaired) electrons. The Bertz CT molecular complexity index is 90.7. The molecule has 46 valence electrons. The zero-order valence-corrected chi connectivity index (χ0v) is 5.22. The Morgan fingerprint density at radius 3 is 2.62 bits per heavy atom. The third-order valence-corrected chi connectivity index (χ3v) is 1.16. The van der Waals surface area contributed by atoms with Crippen molar-refractivity contribution in [3.8, 4) is 0 Å². The van der Waals surface area contributed by atoms with Gasteiger partial charge < -0.3 is 10.1 Å². The van der Waals surface area contributed by atoms with Crippen LogP contribution in [-0.2, 0) is 4.74 Å². The quantitative estimate of drug-likeness (QED) is 0.549. The van der Waals surface area contributed by atoms with Gasteiger partial charge in [0.1, 0.15) is 6.26 Å². The van der Waals surface area contributed by atoms with Gasteiger partial charge in [-0.15, -0.1) is 0 Å². The summed E-state index contributed by atoms with van der Waals surface area (Å²) >= 11 is 0. The second kappa shape index (κ2) is 2.07. The first-order valence-corrected chi connectivity index (χ1v) is 2.87. The van der Waals surface area contributed by atoms with Gasteiger partial charge in [-0.25, -0.2) is 0 Å². The van der Waals surface area contributed by atoms with Crippen molar-refractivity contribution in [1.82, 2.24) is 5.32 Å². The second-order valence-electron chi connectivity index (χ2n) is 2.27. The first-order chi connectivity index (χ1) is 3.80. The Labute approximate surface area is 49.5 Å². The van der Waals surface area contributed by atoms with Crippen molar-refractivity contribution in [1.29, 1.82) is 0 Å². The highest BCUT2D eigenvalue weighted by molar-refractivity contribution is 4.82. The highest BCUT2D eigenvalue weighted by Gasteiger charge is 2.13. The molecule has 0 amide bonds. The molecule has 0 aromatic carbocycles. The molecular weight excluding hydrogens is 102 g/mol. The molecule has 0 saturated carbocycles. The molecule has 1 aliphatic rings. The summed E-state index contributed by atoms with van der Waals surface area (Å²) in [5.41, 5.74) is 0. The highest BCUT2D eigenvalue weighted by Crippen LogP contribution is 2.06. The molecule has 1 N–H and O–H groups in total. The van der Waals surface area contributed by atoms with Gasteiger partial charge in [-0.1, -0.05) is 13.8 Å². The molecule has 1 rings (SSSR count). The van der Waals surface area contributed by atoms with E-state index in [0.29, 0.717) is 5.92 Å². The van der Waals surface area contributed by atoms with E-state index >= 15 is 0 Å². The largest absolute Gasteiger partial charge is 0.477 e. The van der Waals surface area contributed by atoms with E-state index in [2.05, 4.69) is 19.2 Å². The lowest BCUT2D eigenvalue weighted by atomic mass is 10.2. The van der Waals surface area contributed by atoms with Crippen LogP contribution in [0.25, 0.3) is 0 Å². The number of rotatable bonds is 1. The average molecular weight is 113 g/mol. The molecule has 2 nitrogen and oxygen atoms in total. The van der Waals surface area contributed by atoms with E-state index in [0.717, 1.165) is 0 Å². The van der Waals surface area contributed by atoms with Crippen molar-refractivity contribution < 1.29 is 4.74 Å². The fourth-order valence-corrected chi connectivity index (χ4v) is 0.647. The minimum atomic E-state index is 0.204. The van der Waals surface area contributed by atoms with Crippen molar-refractivity contribution in [2.75, 3.05) is 0 Å². The highest BCUT2D eigenvalue weighted by atomic mass is 16.5. The Hall–Kier alpha value is -0.660. The van der Waals surface area contributed by atoms with Gasteiger partial charge in [0.25, 0.3) is 0 Å². The van der Waals surface area contributed by atoms with Crippen molar-refractivity contribution in [2.45, 2.75) is 20.1 Å². The van der Waals surface area contributed by atoms with Crippen molar-refractivity contribution >= 4 is 0 Å². The van der Waals surface area contributed by atoms with Gasteiger partial charge in [-0.05, 0) is 0 Å². The minimum Gasteiger partial charge on any atom is -0.477 e. The van der Waals surface area contributed by atoms with Crippen molar-refractivity contribution in [3.05, 3.63) is 12.5 Å². The van der Waals surface area contributed by atoms with Crippen molar-refractivity contribution in [3.63, 3.8) is 0 Å². The first-order valence-electron chi connectivity index (χ1n) is 2.87. The Kier molecular flexibility index (Phi) is 1.42. The summed E-state index contributed by atoms with van der Waals surface area (Å²) in [4.78, 5) is 0. The van der Waals surface area contributed by atoms with Crippen LogP contribution in [0.15, 0.2) is 12.5 Å². The van der Waals surface area contributed by atoms with E-state index in [4.69, 9.17) is 4.74 Å². The summed E-state index contributed by atoms with van der Waals surface area (Å²) in [6, 6.07) is 0. The smallest absolute Gasteiger partial charge is 0.171 e. The van der Waals surface area contributed by atoms with Crippen LogP contribution in [0.1, 0.15) is 13.8 Å². The maximum atomic E-state index is 5.12. The van der Waals surface area contributed by atoms with Crippen LogP contribution in [0, 0.1) is 5.92 Å². The van der Waals surface area contributed by atoms with Crippen LogP contribution < -0.4 is 5.32 Å². The molecule has 0 bridgehead atoms. The van der Waals surface area contributed by atoms with E-state index in [-0.39, 0.29) is 6.23 Å². The maximum absolute atomic E-state index is 5.12. The van der Waals surface area contributed by atoms with Crippen LogP contribution in [-0.4, -0.2) is 6.23 Å². The Balaban J connectivity index is 2.29. The fraction of sp³-hybridized carbons (Fsp3) is 0.667. The fourth-order valence-electron chi connectivity index (χ4n) is 0.647. The SMILES string of the molecule is CC(C)C1NC=CO1. The molecule has 1 heterocycles. The van der Waals surface area contributed by atoms with Crippen LogP contribution in [0.3, 0.4) is 0 Å². The average Bonchev–Trinajstić information content (AvgIpc) is 2.12. The van der Waals surface area contributed by atoms with E-state index in [1.165, 1.54) is 0 Å². The Morgan fingerprint density at radius 1 is 1.62 bits per heavy atom. The zero-order valence-electron chi connectivity index (χ0n) is 5.22. The summed E-state index contributed by atoms with van der Waals surface area (Å²) in [5, 5.41) is 3.05. The number of hydrogen-bond donors (Lipinski definition) is 1. The van der Waals surface area contributed by atoms with Crippen LogP contribution >= 0.6 is 0 Å². The molecule has 2 heteroatoms. The topological polar surface area (TPSA) is 21.3 Å². The molecule has 0 aliphatic carbocycles. The number of hydrogen-bond acceptors (Lipinski definition) is 2. The summed E-state index contributed by atoms with van der Waals surface area (Å²) < 4.78 is 5.12. The predicted octanol–water partition coefficient (Wildman–Crippen LogP) is 1.06. The van der Waals surface area contributed by atoms with Gasteiger partial charge in [-0.3, -0.25) is 0 Å². The maximum Gasteiger partial charge on any atom is 0.171 e. The zero-order chi connectivity index (χ0) is 5.98. The van der Waals surface area contributed by atoms with Crippen molar-refractivity contribution in [2.24, 2.45) is 5.92 Å².